The van der Waals surface area contributed by atoms with Gasteiger partial charge in [-0.2, -0.15) is 0 Å². The van der Waals surface area contributed by atoms with Crippen LogP contribution in [0, 0.1) is 0 Å². The Balaban J connectivity index is 1.43. The molecule has 1 saturated heterocycles. The van der Waals surface area contributed by atoms with E-state index in [2.05, 4.69) is 0 Å². The number of thioether (sulfide) groups is 1. The Bertz CT molecular complexity index is 1780. The van der Waals surface area contributed by atoms with Crippen molar-refractivity contribution >= 4 is 17.7 Å². The molecule has 1 heterocycles. The number of carbonyl (C=O) groups is 1. The third-order valence-electron chi connectivity index (χ3n) is 9.06. The standard InChI is InChI=1S/C44H46O8S/c1-47-43(46)44(53-37-25-15-6-16-26-37)27-38(48-29-33-17-7-2-8-18-33)40(50-31-35-21-11-4-12-22-35)42(52-44)41(51-32-36-23-13-5-14-24-36)39(28-45)49-30-34-19-9-3-10-20-34/h2-26,38-42,45H,27-32H2,1H3/t38-,39+,40+,41+,42+,44+/m0/s1. The van der Waals surface area contributed by atoms with Gasteiger partial charge in [-0.3, -0.25) is 0 Å². The highest BCUT2D eigenvalue weighted by molar-refractivity contribution is 8.01. The van der Waals surface area contributed by atoms with Crippen LogP contribution in [0.3, 0.4) is 0 Å². The average molecular weight is 735 g/mol. The van der Waals surface area contributed by atoms with Crippen LogP contribution < -0.4 is 0 Å². The Morgan fingerprint density at radius 1 is 0.679 bits per heavy atom. The zero-order valence-corrected chi connectivity index (χ0v) is 30.6. The van der Waals surface area contributed by atoms with E-state index in [1.165, 1.54) is 18.9 Å². The second kappa shape index (κ2) is 19.7. The first kappa shape index (κ1) is 38.4. The average Bonchev–Trinajstić information content (AvgIpc) is 3.22. The van der Waals surface area contributed by atoms with Crippen LogP contribution in [-0.4, -0.2) is 60.2 Å². The van der Waals surface area contributed by atoms with Gasteiger partial charge in [0.05, 0.1) is 46.2 Å². The minimum absolute atomic E-state index is 0.113. The van der Waals surface area contributed by atoms with E-state index in [0.29, 0.717) is 0 Å². The number of aliphatic hydroxyl groups is 1. The Labute approximate surface area is 316 Å². The van der Waals surface area contributed by atoms with Crippen LogP contribution >= 0.6 is 11.8 Å². The Hall–Kier alpha value is -4.32. The molecule has 6 atom stereocenters. The van der Waals surface area contributed by atoms with Crippen LogP contribution in [0.5, 0.6) is 0 Å². The van der Waals surface area contributed by atoms with Gasteiger partial charge in [-0.25, -0.2) is 4.79 Å². The Morgan fingerprint density at radius 2 is 1.13 bits per heavy atom. The maximum Gasteiger partial charge on any atom is 0.349 e. The van der Waals surface area contributed by atoms with Gasteiger partial charge in [-0.1, -0.05) is 151 Å². The van der Waals surface area contributed by atoms with Crippen molar-refractivity contribution in [3.63, 3.8) is 0 Å². The highest BCUT2D eigenvalue weighted by Gasteiger charge is 2.57. The van der Waals surface area contributed by atoms with E-state index < -0.39 is 41.4 Å². The summed E-state index contributed by atoms with van der Waals surface area (Å²) in [5, 5.41) is 11.0. The fourth-order valence-corrected chi connectivity index (χ4v) is 7.61. The SMILES string of the molecule is COC(=O)[C@]1(Sc2ccccc2)C[C@H](OCc2ccccc2)[C@@H](OCc2ccccc2)[C@H]([C@H](OCc2ccccc2)[C@@H](CO)OCc2ccccc2)O1. The smallest absolute Gasteiger partial charge is 0.349 e. The fraction of sp³-hybridized carbons (Fsp3) is 0.295. The first-order chi connectivity index (χ1) is 26.1. The molecule has 9 heteroatoms. The molecule has 5 aromatic carbocycles. The molecular formula is C44H46O8S. The monoisotopic (exact) mass is 734 g/mol. The topological polar surface area (TPSA) is 92.7 Å². The quantitative estimate of drug-likeness (QED) is 0.0907. The summed E-state index contributed by atoms with van der Waals surface area (Å²) < 4.78 is 39.3. The lowest BCUT2D eigenvalue weighted by Crippen LogP contribution is -2.64. The molecule has 1 N–H and O–H groups in total. The van der Waals surface area contributed by atoms with E-state index in [-0.39, 0.29) is 39.5 Å². The lowest BCUT2D eigenvalue weighted by Gasteiger charge is -2.49. The summed E-state index contributed by atoms with van der Waals surface area (Å²) in [4.78, 5) is 13.4. The number of hydrogen-bond acceptors (Lipinski definition) is 9. The molecule has 1 aliphatic heterocycles. The highest BCUT2D eigenvalue weighted by Crippen LogP contribution is 2.47. The summed E-state index contributed by atoms with van der Waals surface area (Å²) in [5.41, 5.74) is 3.77. The van der Waals surface area contributed by atoms with Crippen LogP contribution in [0.25, 0.3) is 0 Å². The van der Waals surface area contributed by atoms with Crippen molar-refractivity contribution in [1.82, 2.24) is 0 Å². The second-order valence-corrected chi connectivity index (χ2v) is 14.2. The first-order valence-electron chi connectivity index (χ1n) is 17.8. The van der Waals surface area contributed by atoms with E-state index in [1.54, 1.807) is 0 Å². The molecule has 0 aliphatic carbocycles. The largest absolute Gasteiger partial charge is 0.466 e. The molecule has 6 rings (SSSR count). The molecule has 276 valence electrons. The van der Waals surface area contributed by atoms with Crippen LogP contribution in [0.1, 0.15) is 28.7 Å². The van der Waals surface area contributed by atoms with Gasteiger partial charge in [-0.05, 0) is 34.4 Å². The summed E-state index contributed by atoms with van der Waals surface area (Å²) in [6.45, 7) is 0.529. The lowest BCUT2D eigenvalue weighted by molar-refractivity contribution is -0.264. The van der Waals surface area contributed by atoms with Crippen molar-refractivity contribution < 1.29 is 38.3 Å². The molecular weight excluding hydrogens is 689 g/mol. The lowest BCUT2D eigenvalue weighted by atomic mass is 9.91. The number of hydrogen-bond donors (Lipinski definition) is 1. The van der Waals surface area contributed by atoms with Gasteiger partial charge < -0.3 is 33.5 Å². The summed E-state index contributed by atoms with van der Waals surface area (Å²) in [7, 11) is 1.36. The van der Waals surface area contributed by atoms with Gasteiger partial charge in [0, 0.05) is 11.3 Å². The summed E-state index contributed by atoms with van der Waals surface area (Å²) >= 11 is 1.26. The van der Waals surface area contributed by atoms with E-state index in [0.717, 1.165) is 27.1 Å². The van der Waals surface area contributed by atoms with Crippen molar-refractivity contribution in [3.8, 4) is 0 Å². The molecule has 0 amide bonds. The number of aliphatic hydroxyl groups excluding tert-OH is 1. The predicted octanol–water partition coefficient (Wildman–Crippen LogP) is 7.77. The molecule has 5 aromatic rings. The Morgan fingerprint density at radius 3 is 1.62 bits per heavy atom. The van der Waals surface area contributed by atoms with Crippen molar-refractivity contribution in [2.24, 2.45) is 0 Å². The van der Waals surface area contributed by atoms with Crippen molar-refractivity contribution in [2.45, 2.75) is 73.2 Å². The third-order valence-corrected chi connectivity index (χ3v) is 10.3. The molecule has 0 bridgehead atoms. The minimum atomic E-state index is -1.57. The number of ether oxygens (including phenoxy) is 6. The zero-order chi connectivity index (χ0) is 36.7. The molecule has 0 spiro atoms. The van der Waals surface area contributed by atoms with E-state index >= 15 is 0 Å². The number of rotatable bonds is 18. The maximum absolute atomic E-state index is 14.1. The minimum Gasteiger partial charge on any atom is -0.466 e. The van der Waals surface area contributed by atoms with E-state index in [9.17, 15) is 9.90 Å². The predicted molar refractivity (Wildman–Crippen MR) is 204 cm³/mol. The van der Waals surface area contributed by atoms with Crippen LogP contribution in [0.2, 0.25) is 0 Å². The zero-order valence-electron chi connectivity index (χ0n) is 29.8. The van der Waals surface area contributed by atoms with Crippen molar-refractivity contribution in [3.05, 3.63) is 174 Å². The second-order valence-electron chi connectivity index (χ2n) is 12.8. The maximum atomic E-state index is 14.1. The van der Waals surface area contributed by atoms with Crippen LogP contribution in [0.15, 0.2) is 157 Å². The van der Waals surface area contributed by atoms with Gasteiger partial charge >= 0.3 is 5.97 Å². The molecule has 0 radical (unpaired) electrons. The van der Waals surface area contributed by atoms with Gasteiger partial charge in [0.15, 0.2) is 0 Å². The molecule has 8 nitrogen and oxygen atoms in total. The molecule has 1 aliphatic rings. The Kier molecular flexibility index (Phi) is 14.3. The molecule has 0 aromatic heterocycles. The van der Waals surface area contributed by atoms with Gasteiger partial charge in [0.25, 0.3) is 0 Å². The highest BCUT2D eigenvalue weighted by atomic mass is 32.2. The third kappa shape index (κ3) is 10.6. The van der Waals surface area contributed by atoms with E-state index in [1.807, 2.05) is 152 Å². The summed E-state index contributed by atoms with van der Waals surface area (Å²) in [6, 6.07) is 48.8. The van der Waals surface area contributed by atoms with Crippen molar-refractivity contribution in [2.75, 3.05) is 13.7 Å². The molecule has 0 unspecified atom stereocenters. The fourth-order valence-electron chi connectivity index (χ4n) is 6.36. The van der Waals surface area contributed by atoms with Crippen LogP contribution in [0.4, 0.5) is 0 Å². The summed E-state index contributed by atoms with van der Waals surface area (Å²) in [5.74, 6) is -0.571. The van der Waals surface area contributed by atoms with Crippen LogP contribution in [-0.2, 0) is 59.6 Å². The first-order valence-corrected chi connectivity index (χ1v) is 18.6. The van der Waals surface area contributed by atoms with Crippen molar-refractivity contribution in [1.29, 1.82) is 0 Å². The number of esters is 1. The normalized spacial score (nSPS) is 21.1. The number of methoxy groups -OCH3 is 1. The number of carbonyl (C=O) groups excluding carboxylic acids is 1. The van der Waals surface area contributed by atoms with Gasteiger partial charge in [0.1, 0.15) is 24.4 Å². The molecule has 53 heavy (non-hydrogen) atoms. The summed E-state index contributed by atoms with van der Waals surface area (Å²) in [6.07, 6.45) is -4.10. The molecule has 0 saturated carbocycles. The number of benzene rings is 5. The van der Waals surface area contributed by atoms with E-state index in [4.69, 9.17) is 28.4 Å². The molecule has 1 fully saturated rings. The van der Waals surface area contributed by atoms with Gasteiger partial charge in [0.2, 0.25) is 4.93 Å². The van der Waals surface area contributed by atoms with Gasteiger partial charge in [-0.15, -0.1) is 0 Å².